The van der Waals surface area contributed by atoms with Gasteiger partial charge < -0.3 is 9.47 Å². The Labute approximate surface area is 148 Å². The lowest BCUT2D eigenvalue weighted by atomic mass is 9.95. The monoisotopic (exact) mass is 335 g/mol. The van der Waals surface area contributed by atoms with Gasteiger partial charge in [-0.1, -0.05) is 18.2 Å². The number of rotatable bonds is 3. The average molecular weight is 335 g/mol. The van der Waals surface area contributed by atoms with Gasteiger partial charge in [0.1, 0.15) is 12.2 Å². The summed E-state index contributed by atoms with van der Waals surface area (Å²) in [6.07, 6.45) is 6.14. The zero-order valence-corrected chi connectivity index (χ0v) is 15.2. The molecule has 1 aliphatic heterocycles. The van der Waals surface area contributed by atoms with E-state index in [9.17, 15) is 0 Å². The third-order valence-electron chi connectivity index (χ3n) is 5.23. The number of piperidine rings is 1. The fraction of sp³-hybridized carbons (Fsp3) is 0.450. The highest BCUT2D eigenvalue weighted by Gasteiger charge is 2.27. The van der Waals surface area contributed by atoms with Gasteiger partial charge in [-0.3, -0.25) is 4.98 Å². The molecule has 0 radical (unpaired) electrons. The van der Waals surface area contributed by atoms with Gasteiger partial charge in [-0.05, 0) is 45.2 Å². The Kier molecular flexibility index (Phi) is 4.15. The van der Waals surface area contributed by atoms with Crippen LogP contribution in [0.1, 0.15) is 50.0 Å². The summed E-state index contributed by atoms with van der Waals surface area (Å²) in [6, 6.07) is 8.98. The van der Waals surface area contributed by atoms with Crippen molar-refractivity contribution in [3.63, 3.8) is 0 Å². The number of pyridine rings is 1. The highest BCUT2D eigenvalue weighted by molar-refractivity contribution is 5.93. The van der Waals surface area contributed by atoms with Crippen LogP contribution in [0, 0.1) is 6.92 Å². The second-order valence-corrected chi connectivity index (χ2v) is 7.28. The quantitative estimate of drug-likeness (QED) is 0.723. The molecule has 1 aliphatic rings. The Balaban J connectivity index is 1.68. The Morgan fingerprint density at radius 1 is 1.20 bits per heavy atom. The normalized spacial score (nSPS) is 18.2. The maximum atomic E-state index is 4.59. The summed E-state index contributed by atoms with van der Waals surface area (Å²) in [6.45, 7) is 8.57. The largest absolute Gasteiger partial charge is 0.370 e. The number of para-hydroxylation sites is 1. The number of benzene rings is 1. The van der Waals surface area contributed by atoms with Crippen molar-refractivity contribution in [2.24, 2.45) is 0 Å². The second-order valence-electron chi connectivity index (χ2n) is 7.28. The van der Waals surface area contributed by atoms with Crippen LogP contribution in [0.3, 0.4) is 0 Å². The lowest BCUT2D eigenvalue weighted by Gasteiger charge is -2.35. The number of fused-ring (bicyclic) bond motifs is 1. The molecule has 25 heavy (non-hydrogen) atoms. The van der Waals surface area contributed by atoms with Crippen molar-refractivity contribution >= 4 is 16.6 Å². The Morgan fingerprint density at radius 2 is 2.08 bits per heavy atom. The summed E-state index contributed by atoms with van der Waals surface area (Å²) in [7, 11) is 0. The highest BCUT2D eigenvalue weighted by Crippen LogP contribution is 2.33. The van der Waals surface area contributed by atoms with Gasteiger partial charge in [0.25, 0.3) is 0 Å². The molecule has 1 aromatic carbocycles. The fourth-order valence-electron chi connectivity index (χ4n) is 3.93. The molecule has 1 saturated heterocycles. The molecule has 0 saturated carbocycles. The minimum atomic E-state index is 0.393. The number of aromatic nitrogens is 4. The van der Waals surface area contributed by atoms with Crippen molar-refractivity contribution in [2.75, 3.05) is 18.0 Å². The van der Waals surface area contributed by atoms with E-state index >= 15 is 0 Å². The van der Waals surface area contributed by atoms with Crippen LogP contribution in [0.4, 0.5) is 5.69 Å². The molecule has 5 nitrogen and oxygen atoms in total. The van der Waals surface area contributed by atoms with E-state index in [1.54, 1.807) is 0 Å². The van der Waals surface area contributed by atoms with Crippen LogP contribution >= 0.6 is 0 Å². The van der Waals surface area contributed by atoms with E-state index in [4.69, 9.17) is 0 Å². The Hall–Kier alpha value is -2.43. The molecule has 0 spiro atoms. The SMILES string of the molecule is Cc1cccc2c(N3CCCC(c4nncn4C(C)C)C3)ccnc12. The first-order chi connectivity index (χ1) is 12.1. The lowest BCUT2D eigenvalue weighted by molar-refractivity contribution is 0.455. The summed E-state index contributed by atoms with van der Waals surface area (Å²) in [4.78, 5) is 7.09. The first kappa shape index (κ1) is 16.1. The van der Waals surface area contributed by atoms with Crippen LogP contribution in [0.25, 0.3) is 10.9 Å². The van der Waals surface area contributed by atoms with Gasteiger partial charge in [0.05, 0.1) is 5.52 Å². The van der Waals surface area contributed by atoms with E-state index in [-0.39, 0.29) is 0 Å². The Bertz CT molecular complexity index is 883. The van der Waals surface area contributed by atoms with Gasteiger partial charge in [-0.2, -0.15) is 0 Å². The number of hydrogen-bond acceptors (Lipinski definition) is 4. The van der Waals surface area contributed by atoms with Gasteiger partial charge in [-0.15, -0.1) is 10.2 Å². The number of hydrogen-bond donors (Lipinski definition) is 0. The molecule has 3 heterocycles. The number of nitrogens with zero attached hydrogens (tertiary/aromatic N) is 5. The van der Waals surface area contributed by atoms with Gasteiger partial charge in [0, 0.05) is 42.3 Å². The minimum absolute atomic E-state index is 0.393. The minimum Gasteiger partial charge on any atom is -0.370 e. The molecule has 130 valence electrons. The smallest absolute Gasteiger partial charge is 0.137 e. The molecule has 5 heteroatoms. The van der Waals surface area contributed by atoms with Gasteiger partial charge in [0.2, 0.25) is 0 Å². The average Bonchev–Trinajstić information content (AvgIpc) is 3.12. The summed E-state index contributed by atoms with van der Waals surface area (Å²) >= 11 is 0. The zero-order chi connectivity index (χ0) is 17.4. The molecule has 0 aliphatic carbocycles. The van der Waals surface area contributed by atoms with Crippen LogP contribution < -0.4 is 4.90 Å². The Morgan fingerprint density at radius 3 is 2.92 bits per heavy atom. The molecule has 0 amide bonds. The van der Waals surface area contributed by atoms with Crippen molar-refractivity contribution in [1.82, 2.24) is 19.7 Å². The highest BCUT2D eigenvalue weighted by atomic mass is 15.3. The molecule has 2 aromatic heterocycles. The van der Waals surface area contributed by atoms with Crippen LogP contribution in [0.5, 0.6) is 0 Å². The first-order valence-electron chi connectivity index (χ1n) is 9.14. The topological polar surface area (TPSA) is 46.8 Å². The van der Waals surface area contributed by atoms with E-state index in [1.807, 2.05) is 12.5 Å². The van der Waals surface area contributed by atoms with Crippen molar-refractivity contribution in [2.45, 2.75) is 45.6 Å². The second kappa shape index (κ2) is 6.47. The molecule has 0 N–H and O–H groups in total. The van der Waals surface area contributed by atoms with Crippen LogP contribution in [-0.4, -0.2) is 32.8 Å². The summed E-state index contributed by atoms with van der Waals surface area (Å²) in [5.41, 5.74) is 3.62. The van der Waals surface area contributed by atoms with Crippen molar-refractivity contribution in [3.05, 3.63) is 48.2 Å². The van der Waals surface area contributed by atoms with Crippen molar-refractivity contribution in [3.8, 4) is 0 Å². The van der Waals surface area contributed by atoms with E-state index < -0.39 is 0 Å². The first-order valence-corrected chi connectivity index (χ1v) is 9.14. The number of anilines is 1. The molecule has 1 fully saturated rings. The maximum Gasteiger partial charge on any atom is 0.137 e. The van der Waals surface area contributed by atoms with E-state index in [1.165, 1.54) is 29.5 Å². The van der Waals surface area contributed by atoms with E-state index in [0.717, 1.165) is 24.4 Å². The van der Waals surface area contributed by atoms with Crippen LogP contribution in [-0.2, 0) is 0 Å². The third kappa shape index (κ3) is 2.88. The predicted molar refractivity (Wildman–Crippen MR) is 101 cm³/mol. The maximum absolute atomic E-state index is 4.59. The number of aryl methyl sites for hydroxylation is 1. The molecular weight excluding hydrogens is 310 g/mol. The van der Waals surface area contributed by atoms with Crippen molar-refractivity contribution in [1.29, 1.82) is 0 Å². The predicted octanol–water partition coefficient (Wildman–Crippen LogP) is 4.10. The van der Waals surface area contributed by atoms with Crippen molar-refractivity contribution < 1.29 is 0 Å². The summed E-state index contributed by atoms with van der Waals surface area (Å²) in [5.74, 6) is 1.54. The van der Waals surface area contributed by atoms with Gasteiger partial charge >= 0.3 is 0 Å². The van der Waals surface area contributed by atoms with Crippen LogP contribution in [0.2, 0.25) is 0 Å². The molecule has 0 bridgehead atoms. The third-order valence-corrected chi connectivity index (χ3v) is 5.23. The van der Waals surface area contributed by atoms with E-state index in [2.05, 4.69) is 69.7 Å². The summed E-state index contributed by atoms with van der Waals surface area (Å²) in [5, 5.41) is 9.85. The lowest BCUT2D eigenvalue weighted by Crippen LogP contribution is -2.35. The molecule has 4 rings (SSSR count). The molecule has 3 aromatic rings. The molecule has 1 atom stereocenters. The molecule has 1 unspecified atom stereocenters. The van der Waals surface area contributed by atoms with E-state index in [0.29, 0.717) is 12.0 Å². The van der Waals surface area contributed by atoms with Crippen LogP contribution in [0.15, 0.2) is 36.8 Å². The van der Waals surface area contributed by atoms with Gasteiger partial charge in [0.15, 0.2) is 0 Å². The molecular formula is C20H25N5. The van der Waals surface area contributed by atoms with Gasteiger partial charge in [-0.25, -0.2) is 0 Å². The fourth-order valence-corrected chi connectivity index (χ4v) is 3.93. The standard InChI is InChI=1S/C20H25N5/c1-14(2)25-13-22-23-20(25)16-7-5-11-24(12-16)18-9-10-21-19-15(3)6-4-8-17(18)19/h4,6,8-10,13-14,16H,5,7,11-12H2,1-3H3. The zero-order valence-electron chi connectivity index (χ0n) is 15.2. The summed E-state index contributed by atoms with van der Waals surface area (Å²) < 4.78 is 2.21.